The molecule has 0 bridgehead atoms. The number of nitrogens with one attached hydrogen (secondary N) is 1. The molecule has 0 spiro atoms. The molecule has 2 heterocycles. The molecule has 3 N–H and O–H groups in total. The van der Waals surface area contributed by atoms with Gasteiger partial charge in [-0.05, 0) is 45.9 Å². The highest BCUT2D eigenvalue weighted by molar-refractivity contribution is 5.65. The van der Waals surface area contributed by atoms with Crippen LogP contribution in [-0.4, -0.2) is 26.3 Å². The fourth-order valence-electron chi connectivity index (χ4n) is 3.02. The minimum absolute atomic E-state index is 0.269. The van der Waals surface area contributed by atoms with Crippen molar-refractivity contribution in [2.24, 2.45) is 0 Å². The first-order chi connectivity index (χ1) is 11.9. The van der Waals surface area contributed by atoms with E-state index in [2.05, 4.69) is 65.4 Å². The summed E-state index contributed by atoms with van der Waals surface area (Å²) in [5, 5.41) is 7.78. The third-order valence-corrected chi connectivity index (χ3v) is 3.99. The topological polar surface area (TPSA) is 81.7 Å². The van der Waals surface area contributed by atoms with Crippen molar-refractivity contribution in [2.45, 2.75) is 34.2 Å². The van der Waals surface area contributed by atoms with E-state index in [1.807, 2.05) is 17.7 Å². The van der Waals surface area contributed by atoms with Gasteiger partial charge in [0.25, 0.3) is 0 Å². The fraction of sp³-hybridized carbons (Fsp3) is 0.316. The standard InChI is InChI=1S/C19H24N6/c1-12-7-13(2)9-16(8-12)17-11-18(23-19(20)22-17)21-5-6-25-15(4)10-14(3)24-25/h7-11H,5-6H2,1-4H3,(H3,20,21,22,23). The van der Waals surface area contributed by atoms with Crippen LogP contribution >= 0.6 is 0 Å². The van der Waals surface area contributed by atoms with Crippen molar-refractivity contribution in [3.05, 3.63) is 52.8 Å². The molecule has 0 aliphatic rings. The molecule has 6 nitrogen and oxygen atoms in total. The van der Waals surface area contributed by atoms with E-state index in [9.17, 15) is 0 Å². The molecule has 0 saturated heterocycles. The third kappa shape index (κ3) is 4.15. The molecule has 3 aromatic rings. The molecule has 0 saturated carbocycles. The van der Waals surface area contributed by atoms with Gasteiger partial charge >= 0.3 is 0 Å². The van der Waals surface area contributed by atoms with Crippen molar-refractivity contribution in [3.63, 3.8) is 0 Å². The van der Waals surface area contributed by atoms with Gasteiger partial charge in [0.2, 0.25) is 5.95 Å². The summed E-state index contributed by atoms with van der Waals surface area (Å²) in [6, 6.07) is 10.4. The Balaban J connectivity index is 1.76. The van der Waals surface area contributed by atoms with E-state index >= 15 is 0 Å². The van der Waals surface area contributed by atoms with Crippen molar-refractivity contribution in [1.29, 1.82) is 0 Å². The lowest BCUT2D eigenvalue weighted by Crippen LogP contribution is -2.14. The first-order valence-electron chi connectivity index (χ1n) is 8.39. The van der Waals surface area contributed by atoms with Crippen molar-refractivity contribution in [3.8, 4) is 11.3 Å². The van der Waals surface area contributed by atoms with Crippen LogP contribution in [0.2, 0.25) is 0 Å². The third-order valence-electron chi connectivity index (χ3n) is 3.99. The van der Waals surface area contributed by atoms with Crippen LogP contribution in [0.5, 0.6) is 0 Å². The molecule has 130 valence electrons. The van der Waals surface area contributed by atoms with Gasteiger partial charge in [-0.3, -0.25) is 4.68 Å². The zero-order valence-corrected chi connectivity index (χ0v) is 15.2. The molecule has 0 unspecified atom stereocenters. The van der Waals surface area contributed by atoms with Crippen LogP contribution in [0.15, 0.2) is 30.3 Å². The van der Waals surface area contributed by atoms with Gasteiger partial charge in [0, 0.05) is 23.9 Å². The van der Waals surface area contributed by atoms with E-state index < -0.39 is 0 Å². The second-order valence-corrected chi connectivity index (χ2v) is 6.45. The van der Waals surface area contributed by atoms with Crippen molar-refractivity contribution < 1.29 is 0 Å². The first kappa shape index (κ1) is 17.0. The maximum Gasteiger partial charge on any atom is 0.222 e. The summed E-state index contributed by atoms with van der Waals surface area (Å²) < 4.78 is 1.98. The molecular weight excluding hydrogens is 312 g/mol. The normalized spacial score (nSPS) is 10.9. The van der Waals surface area contributed by atoms with Crippen LogP contribution in [0.25, 0.3) is 11.3 Å². The Hall–Kier alpha value is -2.89. The summed E-state index contributed by atoms with van der Waals surface area (Å²) in [5.74, 6) is 0.994. The number of anilines is 2. The molecule has 1 aromatic carbocycles. The summed E-state index contributed by atoms with van der Waals surface area (Å²) in [6.07, 6.45) is 0. The van der Waals surface area contributed by atoms with Gasteiger partial charge in [0.05, 0.1) is 17.9 Å². The van der Waals surface area contributed by atoms with Gasteiger partial charge in [-0.25, -0.2) is 4.98 Å². The summed E-state index contributed by atoms with van der Waals surface area (Å²) in [6.45, 7) is 9.69. The zero-order chi connectivity index (χ0) is 18.0. The molecule has 0 radical (unpaired) electrons. The zero-order valence-electron chi connectivity index (χ0n) is 15.2. The molecular formula is C19H24N6. The first-order valence-corrected chi connectivity index (χ1v) is 8.39. The Labute approximate surface area is 148 Å². The Morgan fingerprint density at radius 1 is 0.960 bits per heavy atom. The molecule has 2 aromatic heterocycles. The lowest BCUT2D eigenvalue weighted by Gasteiger charge is -2.10. The Morgan fingerprint density at radius 3 is 2.32 bits per heavy atom. The van der Waals surface area contributed by atoms with E-state index in [0.717, 1.165) is 35.0 Å². The summed E-state index contributed by atoms with van der Waals surface area (Å²) in [4.78, 5) is 8.67. The summed E-state index contributed by atoms with van der Waals surface area (Å²) in [7, 11) is 0. The fourth-order valence-corrected chi connectivity index (χ4v) is 3.02. The number of nitrogen functional groups attached to an aromatic ring is 1. The monoisotopic (exact) mass is 336 g/mol. The van der Waals surface area contributed by atoms with Crippen LogP contribution in [0.4, 0.5) is 11.8 Å². The Bertz CT molecular complexity index is 877. The summed E-state index contributed by atoms with van der Waals surface area (Å²) in [5.41, 5.74) is 12.4. The second-order valence-electron chi connectivity index (χ2n) is 6.45. The molecule has 0 atom stereocenters. The average Bonchev–Trinajstić information content (AvgIpc) is 2.83. The van der Waals surface area contributed by atoms with Crippen molar-refractivity contribution in [1.82, 2.24) is 19.7 Å². The SMILES string of the molecule is Cc1cc(C)cc(-c2cc(NCCn3nc(C)cc3C)nc(N)n2)c1. The number of rotatable bonds is 5. The number of aryl methyl sites for hydroxylation is 4. The van der Waals surface area contributed by atoms with E-state index in [1.165, 1.54) is 11.1 Å². The highest BCUT2D eigenvalue weighted by Crippen LogP contribution is 2.23. The molecule has 0 aliphatic carbocycles. The lowest BCUT2D eigenvalue weighted by atomic mass is 10.0. The molecule has 0 amide bonds. The molecule has 0 fully saturated rings. The maximum absolute atomic E-state index is 5.90. The highest BCUT2D eigenvalue weighted by Gasteiger charge is 2.07. The Kier molecular flexibility index (Phi) is 4.70. The number of aromatic nitrogens is 4. The number of nitrogens with zero attached hydrogens (tertiary/aromatic N) is 4. The molecule has 25 heavy (non-hydrogen) atoms. The highest BCUT2D eigenvalue weighted by atomic mass is 15.3. The lowest BCUT2D eigenvalue weighted by molar-refractivity contribution is 0.614. The minimum Gasteiger partial charge on any atom is -0.368 e. The number of benzene rings is 1. The van der Waals surface area contributed by atoms with Crippen LogP contribution < -0.4 is 11.1 Å². The smallest absolute Gasteiger partial charge is 0.222 e. The average molecular weight is 336 g/mol. The van der Waals surface area contributed by atoms with Gasteiger partial charge in [-0.1, -0.05) is 17.2 Å². The predicted octanol–water partition coefficient (Wildman–Crippen LogP) is 3.27. The van der Waals surface area contributed by atoms with Gasteiger partial charge in [-0.15, -0.1) is 0 Å². The largest absolute Gasteiger partial charge is 0.368 e. The quantitative estimate of drug-likeness (QED) is 0.747. The van der Waals surface area contributed by atoms with Crippen molar-refractivity contribution >= 4 is 11.8 Å². The van der Waals surface area contributed by atoms with Gasteiger partial charge in [0.15, 0.2) is 0 Å². The van der Waals surface area contributed by atoms with Crippen LogP contribution in [0.1, 0.15) is 22.5 Å². The maximum atomic E-state index is 5.90. The molecule has 0 aliphatic heterocycles. The predicted molar refractivity (Wildman–Crippen MR) is 102 cm³/mol. The van der Waals surface area contributed by atoms with Crippen LogP contribution in [0.3, 0.4) is 0 Å². The van der Waals surface area contributed by atoms with Crippen molar-refractivity contribution in [2.75, 3.05) is 17.6 Å². The molecule has 6 heteroatoms. The van der Waals surface area contributed by atoms with Gasteiger partial charge in [-0.2, -0.15) is 10.1 Å². The van der Waals surface area contributed by atoms with E-state index in [4.69, 9.17) is 5.73 Å². The van der Waals surface area contributed by atoms with E-state index in [1.54, 1.807) is 0 Å². The van der Waals surface area contributed by atoms with E-state index in [0.29, 0.717) is 6.54 Å². The van der Waals surface area contributed by atoms with Gasteiger partial charge in [0.1, 0.15) is 5.82 Å². The minimum atomic E-state index is 0.269. The van der Waals surface area contributed by atoms with E-state index in [-0.39, 0.29) is 5.95 Å². The molecule has 3 rings (SSSR count). The number of hydrogen-bond donors (Lipinski definition) is 2. The number of nitrogens with two attached hydrogens (primary N) is 1. The van der Waals surface area contributed by atoms with Crippen LogP contribution in [0, 0.1) is 27.7 Å². The second kappa shape index (κ2) is 6.93. The summed E-state index contributed by atoms with van der Waals surface area (Å²) >= 11 is 0. The number of hydrogen-bond acceptors (Lipinski definition) is 5. The Morgan fingerprint density at radius 2 is 1.68 bits per heavy atom. The van der Waals surface area contributed by atoms with Crippen LogP contribution in [-0.2, 0) is 6.54 Å². The van der Waals surface area contributed by atoms with Gasteiger partial charge < -0.3 is 11.1 Å².